The number of carbonyl (C=O) groups excluding carboxylic acids is 4. The first-order valence-corrected chi connectivity index (χ1v) is 23.2. The van der Waals surface area contributed by atoms with Crippen LogP contribution in [-0.4, -0.2) is 107 Å². The van der Waals surface area contributed by atoms with E-state index in [-0.39, 0.29) is 35.7 Å². The number of H-pyrrole nitrogens is 2. The van der Waals surface area contributed by atoms with E-state index in [0.29, 0.717) is 48.6 Å². The summed E-state index contributed by atoms with van der Waals surface area (Å²) in [5, 5.41) is 5.42. The SMILES string of the molecule is COC(=O)N[C@H](C(=O)N1CCC[C@H]1c1ncc(-c2ccc3c(c2)OC(c2cccc(OC)c2)C2=C3COc3cc(-c4cnc([C@@H]5CCCN5C(=O)[C@@H](NC(=O)OC)C(C)C)[nH]4)ccc32)[nH]1)C(C)C. The van der Waals surface area contributed by atoms with Gasteiger partial charge in [-0.3, -0.25) is 9.59 Å². The van der Waals surface area contributed by atoms with Crippen molar-refractivity contribution in [2.75, 3.05) is 41.0 Å². The van der Waals surface area contributed by atoms with Gasteiger partial charge in [0.1, 0.15) is 47.6 Å². The molecule has 5 aromatic rings. The van der Waals surface area contributed by atoms with Crippen LogP contribution in [0.3, 0.4) is 0 Å². The summed E-state index contributed by atoms with van der Waals surface area (Å²) >= 11 is 0. The number of aromatic nitrogens is 4. The highest BCUT2D eigenvalue weighted by atomic mass is 16.5. The van der Waals surface area contributed by atoms with Gasteiger partial charge in [0.2, 0.25) is 11.8 Å². The zero-order valence-electron chi connectivity index (χ0n) is 39.4. The minimum absolute atomic E-state index is 0.140. The Morgan fingerprint density at radius 3 is 1.78 bits per heavy atom. The Morgan fingerprint density at radius 1 is 0.706 bits per heavy atom. The summed E-state index contributed by atoms with van der Waals surface area (Å²) in [6.07, 6.45) is 4.87. The summed E-state index contributed by atoms with van der Waals surface area (Å²) in [5.41, 5.74) is 8.02. The molecule has 0 saturated carbocycles. The van der Waals surface area contributed by atoms with Crippen molar-refractivity contribution in [2.45, 2.75) is 83.6 Å². The predicted molar refractivity (Wildman–Crippen MR) is 252 cm³/mol. The first kappa shape index (κ1) is 45.8. The van der Waals surface area contributed by atoms with E-state index in [1.807, 2.05) is 76.2 Å². The fourth-order valence-electron chi connectivity index (χ4n) is 9.90. The molecule has 6 heterocycles. The fraction of sp³-hybridized carbons (Fsp3) is 0.412. The monoisotopic (exact) mass is 926 g/mol. The molecule has 0 radical (unpaired) electrons. The van der Waals surface area contributed by atoms with Gasteiger partial charge in [-0.15, -0.1) is 0 Å². The van der Waals surface area contributed by atoms with Gasteiger partial charge in [-0.2, -0.15) is 0 Å². The second-order valence-electron chi connectivity index (χ2n) is 18.3. The van der Waals surface area contributed by atoms with Gasteiger partial charge in [0.25, 0.3) is 0 Å². The van der Waals surface area contributed by atoms with Crippen molar-refractivity contribution in [3.8, 4) is 39.8 Å². The average molecular weight is 927 g/mol. The van der Waals surface area contributed by atoms with E-state index in [1.165, 1.54) is 14.2 Å². The number of hydrogen-bond donors (Lipinski definition) is 4. The molecule has 5 atom stereocenters. The summed E-state index contributed by atoms with van der Waals surface area (Å²) in [6.45, 7) is 8.99. The van der Waals surface area contributed by atoms with Crippen LogP contribution in [0.5, 0.6) is 17.2 Å². The quantitative estimate of drug-likeness (QED) is 0.0945. The molecule has 4 aliphatic heterocycles. The van der Waals surface area contributed by atoms with Crippen molar-refractivity contribution in [3.05, 3.63) is 101 Å². The maximum Gasteiger partial charge on any atom is 0.407 e. The Labute approximate surface area is 394 Å². The molecule has 356 valence electrons. The van der Waals surface area contributed by atoms with E-state index in [2.05, 4.69) is 32.7 Å². The molecule has 0 bridgehead atoms. The van der Waals surface area contributed by atoms with Crippen LogP contribution in [0.2, 0.25) is 0 Å². The first-order chi connectivity index (χ1) is 32.9. The Balaban J connectivity index is 1.00. The third kappa shape index (κ3) is 8.72. The summed E-state index contributed by atoms with van der Waals surface area (Å²) in [5.74, 6) is 2.82. The van der Waals surface area contributed by atoms with E-state index in [9.17, 15) is 19.2 Å². The number of methoxy groups -OCH3 is 3. The van der Waals surface area contributed by atoms with Gasteiger partial charge in [-0.1, -0.05) is 64.1 Å². The molecule has 0 aliphatic carbocycles. The number of aromatic amines is 2. The highest BCUT2D eigenvalue weighted by Gasteiger charge is 2.40. The number of imidazole rings is 2. The van der Waals surface area contributed by atoms with Gasteiger partial charge < -0.3 is 54.1 Å². The molecule has 4 N–H and O–H groups in total. The van der Waals surface area contributed by atoms with Gasteiger partial charge in [-0.05, 0) is 61.8 Å². The van der Waals surface area contributed by atoms with E-state index >= 15 is 0 Å². The normalized spacial score (nSPS) is 19.3. The number of hydrogen-bond acceptors (Lipinski definition) is 11. The summed E-state index contributed by atoms with van der Waals surface area (Å²) in [4.78, 5) is 72.0. The predicted octanol–water partition coefficient (Wildman–Crippen LogP) is 8.00. The van der Waals surface area contributed by atoms with E-state index in [4.69, 9.17) is 33.7 Å². The summed E-state index contributed by atoms with van der Waals surface area (Å²) in [7, 11) is 4.22. The highest BCUT2D eigenvalue weighted by Crippen LogP contribution is 2.52. The molecule has 4 aliphatic rings. The Hall–Kier alpha value is -7.30. The van der Waals surface area contributed by atoms with Crippen molar-refractivity contribution < 1.29 is 42.9 Å². The topological polar surface area (TPSA) is 202 Å². The number of likely N-dealkylation sites (tertiary alicyclic amines) is 2. The molecule has 17 nitrogen and oxygen atoms in total. The number of ether oxygens (including phenoxy) is 5. The number of nitrogens with one attached hydrogen (secondary N) is 4. The van der Waals surface area contributed by atoms with Crippen LogP contribution in [0.25, 0.3) is 33.7 Å². The highest BCUT2D eigenvalue weighted by molar-refractivity contribution is 6.00. The zero-order chi connectivity index (χ0) is 47.8. The van der Waals surface area contributed by atoms with Crippen LogP contribution in [0.15, 0.2) is 73.1 Å². The maximum absolute atomic E-state index is 13.8. The molecular weight excluding hydrogens is 869 g/mol. The van der Waals surface area contributed by atoms with E-state index < -0.39 is 30.4 Å². The molecule has 0 spiro atoms. The zero-order valence-corrected chi connectivity index (χ0v) is 39.4. The lowest BCUT2D eigenvalue weighted by Gasteiger charge is -2.35. The third-order valence-corrected chi connectivity index (χ3v) is 13.5. The van der Waals surface area contributed by atoms with Crippen molar-refractivity contribution in [1.29, 1.82) is 0 Å². The Bertz CT molecular complexity index is 2760. The molecule has 17 heteroatoms. The van der Waals surface area contributed by atoms with E-state index in [0.717, 1.165) is 76.0 Å². The number of nitrogens with zero attached hydrogens (tertiary/aromatic N) is 4. The lowest BCUT2D eigenvalue weighted by atomic mass is 9.83. The largest absolute Gasteiger partial charge is 0.497 e. The fourth-order valence-corrected chi connectivity index (χ4v) is 9.90. The Kier molecular flexibility index (Phi) is 12.9. The van der Waals surface area contributed by atoms with Gasteiger partial charge in [0.15, 0.2) is 6.10 Å². The second kappa shape index (κ2) is 19.1. The molecule has 9 rings (SSSR count). The van der Waals surface area contributed by atoms with Crippen LogP contribution in [0, 0.1) is 11.8 Å². The number of carbonyl (C=O) groups is 4. The number of amides is 4. The molecule has 4 amide bonds. The first-order valence-electron chi connectivity index (χ1n) is 23.2. The van der Waals surface area contributed by atoms with Gasteiger partial charge in [0.05, 0.1) is 57.2 Å². The maximum atomic E-state index is 13.8. The molecule has 2 saturated heterocycles. The molecule has 3 aromatic carbocycles. The lowest BCUT2D eigenvalue weighted by Crippen LogP contribution is -2.51. The van der Waals surface area contributed by atoms with Crippen LogP contribution in [0.1, 0.15) is 99.9 Å². The number of fused-ring (bicyclic) bond motifs is 4. The Morgan fingerprint density at radius 2 is 1.25 bits per heavy atom. The third-order valence-electron chi connectivity index (χ3n) is 13.5. The number of alkyl carbamates (subject to hydrolysis) is 2. The lowest BCUT2D eigenvalue weighted by molar-refractivity contribution is -0.136. The molecule has 68 heavy (non-hydrogen) atoms. The van der Waals surface area contributed by atoms with Crippen LogP contribution < -0.4 is 24.8 Å². The van der Waals surface area contributed by atoms with Crippen LogP contribution in [0.4, 0.5) is 9.59 Å². The summed E-state index contributed by atoms with van der Waals surface area (Å²) < 4.78 is 28.9. The van der Waals surface area contributed by atoms with Gasteiger partial charge in [0, 0.05) is 52.1 Å². The van der Waals surface area contributed by atoms with E-state index in [1.54, 1.807) is 29.3 Å². The van der Waals surface area contributed by atoms with Crippen molar-refractivity contribution in [1.82, 2.24) is 40.4 Å². The minimum Gasteiger partial charge on any atom is -0.497 e. The van der Waals surface area contributed by atoms with Gasteiger partial charge in [-0.25, -0.2) is 19.6 Å². The minimum atomic E-state index is -0.731. The molecule has 2 aromatic heterocycles. The number of benzene rings is 3. The molecule has 2 fully saturated rings. The smallest absolute Gasteiger partial charge is 0.407 e. The number of rotatable bonds is 12. The van der Waals surface area contributed by atoms with Crippen LogP contribution in [-0.2, 0) is 19.1 Å². The second-order valence-corrected chi connectivity index (χ2v) is 18.3. The standard InChI is InChI=1S/C51H58N8O9/c1-27(2)43(56-50(62)65-6)48(60)58-19-9-13-38(58)46-52-24-36(54-46)29-16-18-34-40(22-29)67-26-35-33-17-15-30(23-41(33)68-45(42(34)35)31-11-8-12-32(21-31)64-5)37-25-53-47(55-37)39-14-10-20-59(39)49(61)44(28(3)4)57-51(63)66-7/h8,11-12,15-18,21-25,27-28,38-39,43-45H,9-10,13-14,19-20,26H2,1-7H3,(H,52,54)(H,53,55)(H,56,62)(H,57,63)/t38-,39-,43-,44-,45?/m0/s1. The van der Waals surface area contributed by atoms with Crippen molar-refractivity contribution >= 4 is 35.1 Å². The average Bonchev–Trinajstić information content (AvgIpc) is 4.21. The molecular formula is C51H58N8O9. The van der Waals surface area contributed by atoms with Crippen molar-refractivity contribution in [2.24, 2.45) is 11.8 Å². The molecule has 1 unspecified atom stereocenters. The van der Waals surface area contributed by atoms with Gasteiger partial charge >= 0.3 is 12.2 Å². The van der Waals surface area contributed by atoms with Crippen molar-refractivity contribution in [3.63, 3.8) is 0 Å². The summed E-state index contributed by atoms with van der Waals surface area (Å²) in [6, 6.07) is 18.1. The van der Waals surface area contributed by atoms with Crippen LogP contribution >= 0.6 is 0 Å².